The van der Waals surface area contributed by atoms with Crippen LogP contribution < -0.4 is 0 Å². The molecule has 0 aliphatic rings. The topological polar surface area (TPSA) is 90.5 Å². The van der Waals surface area contributed by atoms with Gasteiger partial charge in [0.05, 0.1) is 5.56 Å². The first-order valence-corrected chi connectivity index (χ1v) is 19.1. The van der Waals surface area contributed by atoms with Crippen LogP contribution >= 0.6 is 11.3 Å². The number of nitrogens with zero attached hydrogens (tertiary/aromatic N) is 6. The van der Waals surface area contributed by atoms with E-state index in [1.807, 2.05) is 121 Å². The van der Waals surface area contributed by atoms with Crippen LogP contribution in [-0.4, -0.2) is 29.9 Å². The van der Waals surface area contributed by atoms with Crippen LogP contribution in [0.1, 0.15) is 0 Å². The third-order valence-electron chi connectivity index (χ3n) is 10.0. The zero-order valence-corrected chi connectivity index (χ0v) is 30.5. The molecule has 0 atom stereocenters. The van der Waals surface area contributed by atoms with Gasteiger partial charge in [0.25, 0.3) is 0 Å². The molecule has 0 aliphatic carbocycles. The second-order valence-corrected chi connectivity index (χ2v) is 14.5. The zero-order chi connectivity index (χ0) is 37.0. The summed E-state index contributed by atoms with van der Waals surface area (Å²) >= 11 is 1.71. The molecule has 8 heteroatoms. The van der Waals surface area contributed by atoms with Crippen LogP contribution in [0.4, 0.5) is 0 Å². The molecule has 4 heterocycles. The van der Waals surface area contributed by atoms with Crippen molar-refractivity contribution in [1.82, 2.24) is 29.9 Å². The standard InChI is InChI=1S/C48H28N6OS/c1-4-15-29(16-5-1)43-49-44(30-17-6-2-7-18-30)51-46(50-43)35-24-14-28-39-40(35)34-23-13-26-37(42(34)56-39)48-53-45(31-19-8-3-9-20-31)52-47(54-48)36-25-12-22-33-32-21-10-11-27-38(32)55-41(33)36/h1-28H. The van der Waals surface area contributed by atoms with Gasteiger partial charge in [-0.05, 0) is 24.3 Å². The first-order valence-electron chi connectivity index (χ1n) is 18.3. The van der Waals surface area contributed by atoms with Crippen molar-refractivity contribution in [2.24, 2.45) is 0 Å². The van der Waals surface area contributed by atoms with Gasteiger partial charge in [-0.15, -0.1) is 11.3 Å². The van der Waals surface area contributed by atoms with Gasteiger partial charge >= 0.3 is 0 Å². The van der Waals surface area contributed by atoms with Crippen molar-refractivity contribution in [3.05, 3.63) is 170 Å². The van der Waals surface area contributed by atoms with E-state index in [-0.39, 0.29) is 0 Å². The Morgan fingerprint density at radius 2 is 0.786 bits per heavy atom. The molecule has 11 aromatic rings. The zero-order valence-electron chi connectivity index (χ0n) is 29.7. The minimum Gasteiger partial charge on any atom is -0.455 e. The molecular weight excluding hydrogens is 709 g/mol. The van der Waals surface area contributed by atoms with Crippen molar-refractivity contribution < 1.29 is 4.42 Å². The monoisotopic (exact) mass is 736 g/mol. The van der Waals surface area contributed by atoms with Gasteiger partial charge in [0.2, 0.25) is 0 Å². The molecule has 7 nitrogen and oxygen atoms in total. The lowest BCUT2D eigenvalue weighted by atomic mass is 10.0. The summed E-state index contributed by atoms with van der Waals surface area (Å²) in [7, 11) is 0. The number of benzene rings is 7. The van der Waals surface area contributed by atoms with E-state index in [1.54, 1.807) is 11.3 Å². The molecule has 0 spiro atoms. The van der Waals surface area contributed by atoms with Crippen LogP contribution in [0.15, 0.2) is 174 Å². The van der Waals surface area contributed by atoms with Crippen molar-refractivity contribution >= 4 is 53.4 Å². The Morgan fingerprint density at radius 3 is 1.43 bits per heavy atom. The van der Waals surface area contributed by atoms with Gasteiger partial charge < -0.3 is 4.42 Å². The molecule has 7 aromatic carbocycles. The van der Waals surface area contributed by atoms with Gasteiger partial charge in [0.15, 0.2) is 34.9 Å². The average molecular weight is 737 g/mol. The molecule has 0 saturated carbocycles. The van der Waals surface area contributed by atoms with Crippen LogP contribution in [0.5, 0.6) is 0 Å². The summed E-state index contributed by atoms with van der Waals surface area (Å²) in [6.07, 6.45) is 0. The van der Waals surface area contributed by atoms with Crippen molar-refractivity contribution in [3.63, 3.8) is 0 Å². The van der Waals surface area contributed by atoms with E-state index < -0.39 is 0 Å². The molecule has 11 rings (SSSR count). The first-order chi connectivity index (χ1) is 27.7. The fourth-order valence-corrected chi connectivity index (χ4v) is 8.63. The molecule has 0 radical (unpaired) electrons. The average Bonchev–Trinajstić information content (AvgIpc) is 3.86. The number of thiophene rings is 1. The SMILES string of the molecule is c1ccc(-c2nc(-c3cccc4c3oc3ccccc34)nc(-c3cccc4c3sc3cccc(-c5nc(-c6ccccc6)nc(-c6ccccc6)n5)c34)n2)cc1. The van der Waals surface area contributed by atoms with Crippen molar-refractivity contribution in [2.45, 2.75) is 0 Å². The fraction of sp³-hybridized carbons (Fsp3) is 0. The molecular formula is C48H28N6OS. The summed E-state index contributed by atoms with van der Waals surface area (Å²) in [6.45, 7) is 0. The maximum atomic E-state index is 6.45. The van der Waals surface area contributed by atoms with Crippen LogP contribution in [0.25, 0.3) is 110 Å². The molecule has 0 unspecified atom stereocenters. The summed E-state index contributed by atoms with van der Waals surface area (Å²) < 4.78 is 8.63. The van der Waals surface area contributed by atoms with Gasteiger partial charge in [-0.2, -0.15) is 0 Å². The Hall–Kier alpha value is -7.42. The Kier molecular flexibility index (Phi) is 7.53. The summed E-state index contributed by atoms with van der Waals surface area (Å²) in [5.41, 5.74) is 6.98. The highest BCUT2D eigenvalue weighted by molar-refractivity contribution is 7.26. The third-order valence-corrected chi connectivity index (χ3v) is 11.2. The predicted octanol–water partition coefficient (Wildman–Crippen LogP) is 12.3. The second-order valence-electron chi connectivity index (χ2n) is 13.5. The van der Waals surface area contributed by atoms with Crippen molar-refractivity contribution in [2.75, 3.05) is 0 Å². The quantitative estimate of drug-likeness (QED) is 0.168. The summed E-state index contributed by atoms with van der Waals surface area (Å²) in [4.78, 5) is 30.5. The van der Waals surface area contributed by atoms with Crippen LogP contribution in [0, 0.1) is 0 Å². The lowest BCUT2D eigenvalue weighted by molar-refractivity contribution is 0.669. The lowest BCUT2D eigenvalue weighted by Crippen LogP contribution is -2.00. The molecule has 4 aromatic heterocycles. The van der Waals surface area contributed by atoms with E-state index in [9.17, 15) is 0 Å². The Bertz CT molecular complexity index is 3200. The molecule has 0 bridgehead atoms. The van der Waals surface area contributed by atoms with Gasteiger partial charge in [0.1, 0.15) is 11.2 Å². The summed E-state index contributed by atoms with van der Waals surface area (Å²) in [5, 5.41) is 4.22. The van der Waals surface area contributed by atoms with E-state index in [1.165, 1.54) is 0 Å². The molecule has 0 fully saturated rings. The van der Waals surface area contributed by atoms with Crippen LogP contribution in [-0.2, 0) is 0 Å². The largest absolute Gasteiger partial charge is 0.455 e. The van der Waals surface area contributed by atoms with E-state index in [0.29, 0.717) is 34.9 Å². The fourth-order valence-electron chi connectivity index (χ4n) is 7.40. The van der Waals surface area contributed by atoms with E-state index in [4.69, 9.17) is 34.3 Å². The Balaban J connectivity index is 1.13. The normalized spacial score (nSPS) is 11.6. The highest BCUT2D eigenvalue weighted by Crippen LogP contribution is 2.44. The number of hydrogen-bond donors (Lipinski definition) is 0. The minimum absolute atomic E-state index is 0.546. The van der Waals surface area contributed by atoms with Gasteiger partial charge in [-0.1, -0.05) is 146 Å². The first kappa shape index (κ1) is 32.0. The highest BCUT2D eigenvalue weighted by atomic mass is 32.1. The smallest absolute Gasteiger partial charge is 0.167 e. The predicted molar refractivity (Wildman–Crippen MR) is 226 cm³/mol. The summed E-state index contributed by atoms with van der Waals surface area (Å²) in [5.74, 6) is 3.57. The maximum Gasteiger partial charge on any atom is 0.167 e. The number of para-hydroxylation sites is 2. The highest BCUT2D eigenvalue weighted by Gasteiger charge is 2.22. The Labute approximate surface area is 324 Å². The number of furan rings is 1. The van der Waals surface area contributed by atoms with Crippen molar-refractivity contribution in [3.8, 4) is 68.3 Å². The van der Waals surface area contributed by atoms with Crippen LogP contribution in [0.3, 0.4) is 0 Å². The second kappa shape index (κ2) is 13.2. The van der Waals surface area contributed by atoms with Gasteiger partial charge in [-0.3, -0.25) is 0 Å². The molecule has 0 N–H and O–H groups in total. The molecule has 56 heavy (non-hydrogen) atoms. The van der Waals surface area contributed by atoms with Gasteiger partial charge in [0, 0.05) is 58.8 Å². The van der Waals surface area contributed by atoms with E-state index in [0.717, 1.165) is 75.5 Å². The number of aromatic nitrogens is 6. The van der Waals surface area contributed by atoms with E-state index in [2.05, 4.69) is 48.5 Å². The lowest BCUT2D eigenvalue weighted by Gasteiger charge is -2.10. The third kappa shape index (κ3) is 5.42. The molecule has 262 valence electrons. The number of fused-ring (bicyclic) bond motifs is 6. The number of rotatable bonds is 6. The number of hydrogen-bond acceptors (Lipinski definition) is 8. The molecule has 0 saturated heterocycles. The summed E-state index contributed by atoms with van der Waals surface area (Å²) in [6, 6.07) is 57.1. The van der Waals surface area contributed by atoms with Crippen LogP contribution in [0.2, 0.25) is 0 Å². The van der Waals surface area contributed by atoms with Gasteiger partial charge in [-0.25, -0.2) is 29.9 Å². The Morgan fingerprint density at radius 1 is 0.339 bits per heavy atom. The maximum absolute atomic E-state index is 6.45. The van der Waals surface area contributed by atoms with E-state index >= 15 is 0 Å². The minimum atomic E-state index is 0.546. The van der Waals surface area contributed by atoms with Crippen molar-refractivity contribution in [1.29, 1.82) is 0 Å². The molecule has 0 amide bonds. The molecule has 0 aliphatic heterocycles.